The zero-order valence-electron chi connectivity index (χ0n) is 18.1. The minimum absolute atomic E-state index is 0.0545. The third kappa shape index (κ3) is 4.45. The van der Waals surface area contributed by atoms with Crippen LogP contribution < -0.4 is 15.2 Å². The molecule has 4 aromatic rings. The Morgan fingerprint density at radius 1 is 1.06 bits per heavy atom. The number of aromatic nitrogens is 1. The van der Waals surface area contributed by atoms with Gasteiger partial charge in [-0.2, -0.15) is 0 Å². The minimum atomic E-state index is -0.555. The standard InChI is InChI=1S/C25H21N3O5/c1-16-10-11-17-13-19(24(29)26-21(17)12-16)15-27(22-8-3-4-9-23(22)33-2)25(30)18-6-5-7-20(14-18)28(31)32/h3-14H,15H2,1-2H3,(H,26,29). The average Bonchev–Trinajstić information content (AvgIpc) is 2.82. The number of aryl methyl sites for hydroxylation is 1. The zero-order valence-corrected chi connectivity index (χ0v) is 18.1. The van der Waals surface area contributed by atoms with E-state index in [4.69, 9.17) is 4.74 Å². The van der Waals surface area contributed by atoms with E-state index in [1.54, 1.807) is 30.3 Å². The second kappa shape index (κ2) is 8.96. The number of nitro benzene ring substituents is 1. The van der Waals surface area contributed by atoms with Crippen molar-refractivity contribution in [3.63, 3.8) is 0 Å². The number of carbonyl (C=O) groups excluding carboxylic acids is 1. The van der Waals surface area contributed by atoms with Gasteiger partial charge in [0.25, 0.3) is 17.2 Å². The highest BCUT2D eigenvalue weighted by molar-refractivity contribution is 6.07. The number of rotatable bonds is 6. The molecule has 8 nitrogen and oxygen atoms in total. The lowest BCUT2D eigenvalue weighted by Gasteiger charge is -2.24. The number of amides is 1. The third-order valence-electron chi connectivity index (χ3n) is 5.33. The first kappa shape index (κ1) is 21.8. The SMILES string of the molecule is COc1ccccc1N(Cc1cc2ccc(C)cc2[nH]c1=O)C(=O)c1cccc([N+](=O)[O-])c1. The summed E-state index contributed by atoms with van der Waals surface area (Å²) in [5.41, 5.74) is 2.15. The molecule has 3 aromatic carbocycles. The van der Waals surface area contributed by atoms with Gasteiger partial charge < -0.3 is 14.6 Å². The summed E-state index contributed by atoms with van der Waals surface area (Å²) in [7, 11) is 1.49. The van der Waals surface area contributed by atoms with Gasteiger partial charge in [-0.3, -0.25) is 19.7 Å². The molecule has 166 valence electrons. The van der Waals surface area contributed by atoms with Crippen molar-refractivity contribution in [3.05, 3.63) is 110 Å². The molecule has 0 aliphatic carbocycles. The van der Waals surface area contributed by atoms with Crippen molar-refractivity contribution in [3.8, 4) is 5.75 Å². The Morgan fingerprint density at radius 2 is 1.85 bits per heavy atom. The number of nitro groups is 1. The first-order valence-electron chi connectivity index (χ1n) is 10.2. The van der Waals surface area contributed by atoms with Gasteiger partial charge in [-0.25, -0.2) is 0 Å². The fourth-order valence-electron chi connectivity index (χ4n) is 3.68. The van der Waals surface area contributed by atoms with Crippen LogP contribution in [0.5, 0.6) is 5.75 Å². The quantitative estimate of drug-likeness (QED) is 0.346. The third-order valence-corrected chi connectivity index (χ3v) is 5.33. The van der Waals surface area contributed by atoms with Crippen LogP contribution in [0.15, 0.2) is 77.6 Å². The van der Waals surface area contributed by atoms with Crippen molar-refractivity contribution in [2.24, 2.45) is 0 Å². The number of non-ortho nitro benzene ring substituents is 1. The molecule has 1 aromatic heterocycles. The van der Waals surface area contributed by atoms with Crippen molar-refractivity contribution < 1.29 is 14.5 Å². The number of nitrogens with zero attached hydrogens (tertiary/aromatic N) is 2. The van der Waals surface area contributed by atoms with Crippen molar-refractivity contribution >= 4 is 28.2 Å². The number of methoxy groups -OCH3 is 1. The summed E-state index contributed by atoms with van der Waals surface area (Å²) in [6, 6.07) is 19.9. The molecule has 33 heavy (non-hydrogen) atoms. The highest BCUT2D eigenvalue weighted by Gasteiger charge is 2.24. The number of hydrogen-bond acceptors (Lipinski definition) is 5. The number of aromatic amines is 1. The number of carbonyl (C=O) groups is 1. The Bertz CT molecular complexity index is 1430. The van der Waals surface area contributed by atoms with Crippen molar-refractivity contribution in [2.75, 3.05) is 12.0 Å². The van der Waals surface area contributed by atoms with Gasteiger partial charge in [-0.1, -0.05) is 30.3 Å². The van der Waals surface area contributed by atoms with E-state index in [1.807, 2.05) is 25.1 Å². The lowest BCUT2D eigenvalue weighted by Crippen LogP contribution is -2.33. The van der Waals surface area contributed by atoms with E-state index in [0.29, 0.717) is 22.5 Å². The summed E-state index contributed by atoms with van der Waals surface area (Å²) in [5.74, 6) is -0.0595. The van der Waals surface area contributed by atoms with E-state index < -0.39 is 10.8 Å². The number of pyridine rings is 1. The number of fused-ring (bicyclic) bond motifs is 1. The van der Waals surface area contributed by atoms with Gasteiger partial charge in [-0.15, -0.1) is 0 Å². The summed E-state index contributed by atoms with van der Waals surface area (Å²) in [6.07, 6.45) is 0. The molecule has 4 rings (SSSR count). The summed E-state index contributed by atoms with van der Waals surface area (Å²) < 4.78 is 5.44. The van der Waals surface area contributed by atoms with Crippen LogP contribution in [0, 0.1) is 17.0 Å². The molecule has 1 N–H and O–H groups in total. The van der Waals surface area contributed by atoms with Gasteiger partial charge in [0.05, 0.1) is 24.3 Å². The molecule has 0 spiro atoms. The molecule has 1 amide bonds. The van der Waals surface area contributed by atoms with E-state index in [1.165, 1.54) is 36.3 Å². The Morgan fingerprint density at radius 3 is 2.61 bits per heavy atom. The van der Waals surface area contributed by atoms with E-state index in [0.717, 1.165) is 10.9 Å². The Hall–Kier alpha value is -4.46. The van der Waals surface area contributed by atoms with Gasteiger partial charge in [0, 0.05) is 28.8 Å². The fourth-order valence-corrected chi connectivity index (χ4v) is 3.68. The van der Waals surface area contributed by atoms with Gasteiger partial charge >= 0.3 is 0 Å². The molecule has 0 atom stereocenters. The molecule has 0 radical (unpaired) electrons. The number of para-hydroxylation sites is 2. The van der Waals surface area contributed by atoms with E-state index >= 15 is 0 Å². The molecular formula is C25H21N3O5. The van der Waals surface area contributed by atoms with Crippen LogP contribution in [-0.4, -0.2) is 22.9 Å². The first-order chi connectivity index (χ1) is 15.9. The molecule has 1 heterocycles. The smallest absolute Gasteiger partial charge is 0.270 e. The molecule has 8 heteroatoms. The second-order valence-corrected chi connectivity index (χ2v) is 7.58. The molecule has 0 aliphatic rings. The van der Waals surface area contributed by atoms with Gasteiger partial charge in [0.1, 0.15) is 5.75 Å². The fraction of sp³-hybridized carbons (Fsp3) is 0.120. The van der Waals surface area contributed by atoms with Crippen LogP contribution in [-0.2, 0) is 6.54 Å². The summed E-state index contributed by atoms with van der Waals surface area (Å²) in [5, 5.41) is 12.0. The summed E-state index contributed by atoms with van der Waals surface area (Å²) in [4.78, 5) is 41.3. The van der Waals surface area contributed by atoms with Crippen molar-refractivity contribution in [1.82, 2.24) is 4.98 Å². The second-order valence-electron chi connectivity index (χ2n) is 7.58. The van der Waals surface area contributed by atoms with E-state index in [-0.39, 0.29) is 23.4 Å². The lowest BCUT2D eigenvalue weighted by molar-refractivity contribution is -0.384. The monoisotopic (exact) mass is 443 g/mol. The van der Waals surface area contributed by atoms with Crippen molar-refractivity contribution in [2.45, 2.75) is 13.5 Å². The first-order valence-corrected chi connectivity index (χ1v) is 10.2. The number of benzene rings is 3. The number of hydrogen-bond donors (Lipinski definition) is 1. The largest absolute Gasteiger partial charge is 0.495 e. The molecule has 0 unspecified atom stereocenters. The predicted octanol–water partition coefficient (Wildman–Crippen LogP) is 4.60. The van der Waals surface area contributed by atoms with Crippen LogP contribution in [0.1, 0.15) is 21.5 Å². The average molecular weight is 443 g/mol. The maximum absolute atomic E-state index is 13.5. The predicted molar refractivity (Wildman–Crippen MR) is 126 cm³/mol. The van der Waals surface area contributed by atoms with Crippen LogP contribution in [0.2, 0.25) is 0 Å². The number of H-pyrrole nitrogens is 1. The van der Waals surface area contributed by atoms with Gasteiger partial charge in [-0.05, 0) is 48.2 Å². The number of nitrogens with one attached hydrogen (secondary N) is 1. The van der Waals surface area contributed by atoms with Crippen molar-refractivity contribution in [1.29, 1.82) is 0 Å². The van der Waals surface area contributed by atoms with Crippen LogP contribution in [0.3, 0.4) is 0 Å². The van der Waals surface area contributed by atoms with Crippen LogP contribution in [0.25, 0.3) is 10.9 Å². The van der Waals surface area contributed by atoms with Crippen LogP contribution in [0.4, 0.5) is 11.4 Å². The zero-order chi connectivity index (χ0) is 23.5. The molecule has 0 aliphatic heterocycles. The molecule has 0 saturated carbocycles. The highest BCUT2D eigenvalue weighted by Crippen LogP contribution is 2.31. The molecule has 0 fully saturated rings. The maximum atomic E-state index is 13.5. The molecule has 0 bridgehead atoms. The van der Waals surface area contributed by atoms with E-state index in [2.05, 4.69) is 4.98 Å². The van der Waals surface area contributed by atoms with E-state index in [9.17, 15) is 19.7 Å². The lowest BCUT2D eigenvalue weighted by atomic mass is 10.1. The van der Waals surface area contributed by atoms with Crippen LogP contribution >= 0.6 is 0 Å². The maximum Gasteiger partial charge on any atom is 0.270 e. The number of anilines is 1. The number of ether oxygens (including phenoxy) is 1. The highest BCUT2D eigenvalue weighted by atomic mass is 16.6. The summed E-state index contributed by atoms with van der Waals surface area (Å²) >= 11 is 0. The normalized spacial score (nSPS) is 10.7. The Balaban J connectivity index is 1.82. The minimum Gasteiger partial charge on any atom is -0.495 e. The summed E-state index contributed by atoms with van der Waals surface area (Å²) in [6.45, 7) is 1.88. The molecular weight excluding hydrogens is 422 g/mol. The van der Waals surface area contributed by atoms with Gasteiger partial charge in [0.15, 0.2) is 0 Å². The molecule has 0 saturated heterocycles. The Labute approximate surface area is 189 Å². The topological polar surface area (TPSA) is 106 Å². The Kier molecular flexibility index (Phi) is 5.91. The van der Waals surface area contributed by atoms with Gasteiger partial charge in [0.2, 0.25) is 0 Å².